The standard InChI is InChI=1S/C16H26N2S/c1-18(11-15-5-4-10-19-15)13-16(8-2-3-9-16)12-17-14-6-7-14/h4-5,10,14,17H,2-3,6-9,11-13H2,1H3. The molecule has 0 aromatic carbocycles. The van der Waals surface area contributed by atoms with E-state index in [2.05, 4.69) is 34.8 Å². The average molecular weight is 278 g/mol. The Morgan fingerprint density at radius 1 is 1.37 bits per heavy atom. The SMILES string of the molecule is CN(Cc1cccs1)CC1(CNC2CC2)CCCC1. The van der Waals surface area contributed by atoms with E-state index in [0.29, 0.717) is 5.41 Å². The van der Waals surface area contributed by atoms with Crippen molar-refractivity contribution in [1.82, 2.24) is 10.2 Å². The van der Waals surface area contributed by atoms with Crippen LogP contribution >= 0.6 is 11.3 Å². The van der Waals surface area contributed by atoms with Gasteiger partial charge in [-0.3, -0.25) is 0 Å². The molecule has 0 atom stereocenters. The molecule has 1 aromatic heterocycles. The highest BCUT2D eigenvalue weighted by Gasteiger charge is 2.36. The molecule has 0 aliphatic heterocycles. The van der Waals surface area contributed by atoms with Crippen molar-refractivity contribution in [2.45, 2.75) is 51.1 Å². The molecule has 2 aliphatic rings. The first-order valence-electron chi connectivity index (χ1n) is 7.70. The van der Waals surface area contributed by atoms with Crippen LogP contribution in [0.1, 0.15) is 43.4 Å². The Morgan fingerprint density at radius 3 is 2.79 bits per heavy atom. The molecule has 3 heteroatoms. The van der Waals surface area contributed by atoms with Crippen molar-refractivity contribution in [3.63, 3.8) is 0 Å². The van der Waals surface area contributed by atoms with Gasteiger partial charge < -0.3 is 10.2 Å². The molecule has 19 heavy (non-hydrogen) atoms. The molecule has 3 rings (SSSR count). The molecule has 0 bridgehead atoms. The highest BCUT2D eigenvalue weighted by atomic mass is 32.1. The van der Waals surface area contributed by atoms with Crippen molar-refractivity contribution in [3.05, 3.63) is 22.4 Å². The second-order valence-electron chi connectivity index (χ2n) is 6.61. The van der Waals surface area contributed by atoms with Gasteiger partial charge >= 0.3 is 0 Å². The van der Waals surface area contributed by atoms with Crippen LogP contribution in [0.5, 0.6) is 0 Å². The number of hydrogen-bond acceptors (Lipinski definition) is 3. The summed E-state index contributed by atoms with van der Waals surface area (Å²) in [5, 5.41) is 5.96. The van der Waals surface area contributed by atoms with E-state index >= 15 is 0 Å². The fourth-order valence-electron chi connectivity index (χ4n) is 3.46. The van der Waals surface area contributed by atoms with Gasteiger partial charge in [0.2, 0.25) is 0 Å². The lowest BCUT2D eigenvalue weighted by Gasteiger charge is -2.34. The molecular formula is C16H26N2S. The Hall–Kier alpha value is -0.380. The minimum Gasteiger partial charge on any atom is -0.313 e. The van der Waals surface area contributed by atoms with Crippen LogP contribution in [0.3, 0.4) is 0 Å². The van der Waals surface area contributed by atoms with Crippen LogP contribution in [0, 0.1) is 5.41 Å². The van der Waals surface area contributed by atoms with Crippen LogP contribution in [0.15, 0.2) is 17.5 Å². The molecule has 0 radical (unpaired) electrons. The zero-order valence-electron chi connectivity index (χ0n) is 12.0. The minimum atomic E-state index is 0.550. The van der Waals surface area contributed by atoms with Gasteiger partial charge in [-0.25, -0.2) is 0 Å². The van der Waals surface area contributed by atoms with E-state index in [9.17, 15) is 0 Å². The van der Waals surface area contributed by atoms with E-state index in [1.165, 1.54) is 56.5 Å². The molecule has 1 heterocycles. The lowest BCUT2D eigenvalue weighted by molar-refractivity contribution is 0.168. The van der Waals surface area contributed by atoms with Crippen molar-refractivity contribution in [1.29, 1.82) is 0 Å². The molecule has 0 spiro atoms. The predicted octanol–water partition coefficient (Wildman–Crippen LogP) is 3.49. The van der Waals surface area contributed by atoms with Gasteiger partial charge in [0.15, 0.2) is 0 Å². The summed E-state index contributed by atoms with van der Waals surface area (Å²) < 4.78 is 0. The van der Waals surface area contributed by atoms with Gasteiger partial charge in [0.05, 0.1) is 0 Å². The maximum Gasteiger partial charge on any atom is 0.0325 e. The molecule has 2 fully saturated rings. The average Bonchev–Trinajstić information content (AvgIpc) is 2.87. The topological polar surface area (TPSA) is 15.3 Å². The van der Waals surface area contributed by atoms with Crippen LogP contribution in [0.4, 0.5) is 0 Å². The molecule has 0 unspecified atom stereocenters. The Labute approximate surface area is 121 Å². The van der Waals surface area contributed by atoms with Crippen LogP contribution in [-0.4, -0.2) is 31.1 Å². The van der Waals surface area contributed by atoms with Gasteiger partial charge in [0.1, 0.15) is 0 Å². The molecular weight excluding hydrogens is 252 g/mol. The first-order chi connectivity index (χ1) is 9.26. The largest absolute Gasteiger partial charge is 0.313 e. The maximum atomic E-state index is 3.78. The third-order valence-electron chi connectivity index (χ3n) is 4.62. The van der Waals surface area contributed by atoms with E-state index < -0.39 is 0 Å². The zero-order valence-corrected chi connectivity index (χ0v) is 12.8. The highest BCUT2D eigenvalue weighted by molar-refractivity contribution is 7.09. The first-order valence-corrected chi connectivity index (χ1v) is 8.58. The molecule has 2 nitrogen and oxygen atoms in total. The molecule has 2 aliphatic carbocycles. The van der Waals surface area contributed by atoms with Gasteiger partial charge in [0, 0.05) is 30.6 Å². The van der Waals surface area contributed by atoms with Crippen LogP contribution in [-0.2, 0) is 6.54 Å². The number of rotatable bonds is 7. The Balaban J connectivity index is 1.53. The summed E-state index contributed by atoms with van der Waals surface area (Å²) in [6.45, 7) is 3.61. The van der Waals surface area contributed by atoms with Crippen LogP contribution < -0.4 is 5.32 Å². The fraction of sp³-hybridized carbons (Fsp3) is 0.750. The maximum absolute atomic E-state index is 3.78. The van der Waals surface area contributed by atoms with Gasteiger partial charge in [-0.15, -0.1) is 11.3 Å². The monoisotopic (exact) mass is 278 g/mol. The minimum absolute atomic E-state index is 0.550. The number of nitrogens with one attached hydrogen (secondary N) is 1. The van der Waals surface area contributed by atoms with E-state index in [1.54, 1.807) is 0 Å². The lowest BCUT2D eigenvalue weighted by atomic mass is 9.85. The predicted molar refractivity (Wildman–Crippen MR) is 82.6 cm³/mol. The van der Waals surface area contributed by atoms with Gasteiger partial charge in [0.25, 0.3) is 0 Å². The summed E-state index contributed by atoms with van der Waals surface area (Å²) in [7, 11) is 2.29. The van der Waals surface area contributed by atoms with Gasteiger partial charge in [-0.2, -0.15) is 0 Å². The summed E-state index contributed by atoms with van der Waals surface area (Å²) in [4.78, 5) is 4.02. The Morgan fingerprint density at radius 2 is 2.16 bits per heavy atom. The first kappa shape index (κ1) is 13.6. The molecule has 106 valence electrons. The number of thiophene rings is 1. The molecule has 2 saturated carbocycles. The Bertz CT molecular complexity index is 377. The summed E-state index contributed by atoms with van der Waals surface area (Å²) in [6.07, 6.45) is 8.50. The molecule has 1 aromatic rings. The summed E-state index contributed by atoms with van der Waals surface area (Å²) in [5.74, 6) is 0. The van der Waals surface area contributed by atoms with E-state index in [0.717, 1.165) is 12.6 Å². The van der Waals surface area contributed by atoms with Crippen molar-refractivity contribution >= 4 is 11.3 Å². The van der Waals surface area contributed by atoms with Gasteiger partial charge in [-0.05, 0) is 49.6 Å². The zero-order chi connectivity index (χ0) is 13.1. The second kappa shape index (κ2) is 5.94. The Kier molecular flexibility index (Phi) is 4.25. The normalized spacial score (nSPS) is 22.2. The van der Waals surface area contributed by atoms with Crippen LogP contribution in [0.25, 0.3) is 0 Å². The van der Waals surface area contributed by atoms with Crippen molar-refractivity contribution in [2.24, 2.45) is 5.41 Å². The third-order valence-corrected chi connectivity index (χ3v) is 5.48. The molecule has 0 saturated heterocycles. The lowest BCUT2D eigenvalue weighted by Crippen LogP contribution is -2.41. The third kappa shape index (κ3) is 3.80. The van der Waals surface area contributed by atoms with E-state index in [-0.39, 0.29) is 0 Å². The van der Waals surface area contributed by atoms with E-state index in [1.807, 2.05) is 11.3 Å². The summed E-state index contributed by atoms with van der Waals surface area (Å²) in [5.41, 5.74) is 0.550. The fourth-order valence-corrected chi connectivity index (χ4v) is 4.25. The smallest absolute Gasteiger partial charge is 0.0325 e. The number of nitrogens with zero attached hydrogens (tertiary/aromatic N) is 1. The molecule has 0 amide bonds. The summed E-state index contributed by atoms with van der Waals surface area (Å²) in [6, 6.07) is 5.26. The highest BCUT2D eigenvalue weighted by Crippen LogP contribution is 2.39. The molecule has 1 N–H and O–H groups in total. The second-order valence-corrected chi connectivity index (χ2v) is 7.65. The van der Waals surface area contributed by atoms with Crippen molar-refractivity contribution in [3.8, 4) is 0 Å². The quantitative estimate of drug-likeness (QED) is 0.821. The van der Waals surface area contributed by atoms with Crippen molar-refractivity contribution < 1.29 is 0 Å². The van der Waals surface area contributed by atoms with E-state index in [4.69, 9.17) is 0 Å². The van der Waals surface area contributed by atoms with Crippen molar-refractivity contribution in [2.75, 3.05) is 20.1 Å². The van der Waals surface area contributed by atoms with Gasteiger partial charge in [-0.1, -0.05) is 18.9 Å². The van der Waals surface area contributed by atoms with Crippen LogP contribution in [0.2, 0.25) is 0 Å². The number of hydrogen-bond donors (Lipinski definition) is 1. The summed E-state index contributed by atoms with van der Waals surface area (Å²) >= 11 is 1.88.